The first-order valence-electron chi connectivity index (χ1n) is 6.79. The highest BCUT2D eigenvalue weighted by Gasteiger charge is 2.55. The Balaban J connectivity index is 1.73. The number of hydrogen-bond acceptors (Lipinski definition) is 5. The molecule has 2 saturated heterocycles. The van der Waals surface area contributed by atoms with Gasteiger partial charge in [0.25, 0.3) is 5.91 Å². The number of rotatable bonds is 3. The number of amides is 3. The Bertz CT molecular complexity index is 528. The number of carbonyl (C=O) groups is 2. The molecular weight excluding hydrogens is 260 g/mol. The Morgan fingerprint density at radius 3 is 2.90 bits per heavy atom. The Morgan fingerprint density at radius 1 is 1.50 bits per heavy atom. The van der Waals surface area contributed by atoms with Crippen LogP contribution in [-0.4, -0.2) is 51.6 Å². The highest BCUT2D eigenvalue weighted by Crippen LogP contribution is 2.30. The molecule has 108 valence electrons. The van der Waals surface area contributed by atoms with E-state index in [9.17, 15) is 9.59 Å². The quantitative estimate of drug-likeness (QED) is 0.818. The van der Waals surface area contributed by atoms with Crippen LogP contribution in [0.15, 0.2) is 16.9 Å². The predicted octanol–water partition coefficient (Wildman–Crippen LogP) is 0.579. The average molecular weight is 278 g/mol. The van der Waals surface area contributed by atoms with Crippen LogP contribution in [0.3, 0.4) is 0 Å². The first-order valence-corrected chi connectivity index (χ1v) is 6.79. The van der Waals surface area contributed by atoms with Crippen LogP contribution in [0.1, 0.15) is 26.0 Å². The van der Waals surface area contributed by atoms with Gasteiger partial charge >= 0.3 is 6.03 Å². The third kappa shape index (κ3) is 1.98. The summed E-state index contributed by atoms with van der Waals surface area (Å²) in [6, 6.07) is 1.40. The minimum atomic E-state index is -0.759. The normalized spacial score (nSPS) is 27.1. The Kier molecular flexibility index (Phi) is 3.01. The van der Waals surface area contributed by atoms with Crippen molar-refractivity contribution < 1.29 is 14.1 Å². The number of urea groups is 1. The second kappa shape index (κ2) is 4.59. The maximum Gasteiger partial charge on any atom is 0.325 e. The predicted molar refractivity (Wildman–Crippen MR) is 69.6 cm³/mol. The van der Waals surface area contributed by atoms with Crippen molar-refractivity contribution in [1.29, 1.82) is 0 Å². The van der Waals surface area contributed by atoms with Crippen molar-refractivity contribution in [2.45, 2.75) is 38.4 Å². The zero-order valence-electron chi connectivity index (χ0n) is 11.6. The van der Waals surface area contributed by atoms with Gasteiger partial charge in [-0.05, 0) is 20.3 Å². The van der Waals surface area contributed by atoms with Crippen LogP contribution >= 0.6 is 0 Å². The van der Waals surface area contributed by atoms with Crippen molar-refractivity contribution in [3.05, 3.63) is 18.0 Å². The zero-order valence-corrected chi connectivity index (χ0v) is 11.6. The van der Waals surface area contributed by atoms with Crippen molar-refractivity contribution >= 4 is 11.9 Å². The van der Waals surface area contributed by atoms with Crippen LogP contribution in [-0.2, 0) is 11.3 Å². The summed E-state index contributed by atoms with van der Waals surface area (Å²) in [6.07, 6.45) is 2.17. The third-order valence-corrected chi connectivity index (χ3v) is 3.93. The van der Waals surface area contributed by atoms with Gasteiger partial charge in [0, 0.05) is 31.7 Å². The lowest BCUT2D eigenvalue weighted by Gasteiger charge is -2.22. The molecular formula is C13H18N4O3. The lowest BCUT2D eigenvalue weighted by atomic mass is 9.98. The highest BCUT2D eigenvalue weighted by atomic mass is 16.5. The second-order valence-electron chi connectivity index (χ2n) is 5.73. The molecule has 1 atom stereocenters. The maximum absolute atomic E-state index is 12.5. The van der Waals surface area contributed by atoms with Crippen molar-refractivity contribution in [3.8, 4) is 0 Å². The molecule has 7 nitrogen and oxygen atoms in total. The minimum absolute atomic E-state index is 0.111. The largest absolute Gasteiger partial charge is 0.364 e. The molecule has 1 aromatic rings. The monoisotopic (exact) mass is 278 g/mol. The molecule has 20 heavy (non-hydrogen) atoms. The molecule has 1 N–H and O–H groups in total. The van der Waals surface area contributed by atoms with Gasteiger partial charge in [0.05, 0.1) is 5.69 Å². The van der Waals surface area contributed by atoms with Crippen LogP contribution in [0.2, 0.25) is 0 Å². The van der Waals surface area contributed by atoms with E-state index in [2.05, 4.69) is 15.4 Å². The smallest absolute Gasteiger partial charge is 0.325 e. The van der Waals surface area contributed by atoms with Gasteiger partial charge in [-0.3, -0.25) is 14.6 Å². The summed E-state index contributed by atoms with van der Waals surface area (Å²) >= 11 is 0. The Labute approximate surface area is 116 Å². The van der Waals surface area contributed by atoms with Gasteiger partial charge in [-0.15, -0.1) is 0 Å². The van der Waals surface area contributed by atoms with Gasteiger partial charge in [-0.25, -0.2) is 4.79 Å². The summed E-state index contributed by atoms with van der Waals surface area (Å²) in [5, 5.41) is 6.74. The zero-order chi connectivity index (χ0) is 14.3. The number of hydrogen-bond donors (Lipinski definition) is 1. The average Bonchev–Trinajstić information content (AvgIpc) is 3.04. The second-order valence-corrected chi connectivity index (χ2v) is 5.73. The fourth-order valence-electron chi connectivity index (χ4n) is 2.96. The highest BCUT2D eigenvalue weighted by molar-refractivity contribution is 6.07. The van der Waals surface area contributed by atoms with Crippen LogP contribution in [0.4, 0.5) is 4.79 Å². The van der Waals surface area contributed by atoms with Gasteiger partial charge < -0.3 is 9.84 Å². The van der Waals surface area contributed by atoms with E-state index in [1.165, 1.54) is 11.2 Å². The van der Waals surface area contributed by atoms with Gasteiger partial charge in [0.15, 0.2) is 0 Å². The number of nitrogens with one attached hydrogen (secondary N) is 1. The van der Waals surface area contributed by atoms with Crippen LogP contribution < -0.4 is 5.32 Å². The SMILES string of the molecule is CC(C)N1C(=O)N[C@@]2(CCN(Cc3ccon3)C2)C1=O. The number of likely N-dealkylation sites (tertiary alicyclic amines) is 1. The van der Waals surface area contributed by atoms with E-state index in [0.29, 0.717) is 19.5 Å². The van der Waals surface area contributed by atoms with Crippen LogP contribution in [0.25, 0.3) is 0 Å². The summed E-state index contributed by atoms with van der Waals surface area (Å²) in [5.74, 6) is -0.111. The van der Waals surface area contributed by atoms with Crippen molar-refractivity contribution in [1.82, 2.24) is 20.3 Å². The number of aromatic nitrogens is 1. The van der Waals surface area contributed by atoms with Crippen molar-refractivity contribution in [2.24, 2.45) is 0 Å². The molecule has 0 unspecified atom stereocenters. The standard InChI is InChI=1S/C13H18N4O3/c1-9(2)17-11(18)13(14-12(17)19)4-5-16(8-13)7-10-3-6-20-15-10/h3,6,9H,4-5,7-8H2,1-2H3,(H,14,19)/t13-/m1/s1. The molecule has 3 amide bonds. The van der Waals surface area contributed by atoms with Gasteiger partial charge in [-0.2, -0.15) is 0 Å². The molecule has 1 aromatic heterocycles. The minimum Gasteiger partial charge on any atom is -0.364 e. The van der Waals surface area contributed by atoms with E-state index in [1.807, 2.05) is 13.8 Å². The van der Waals surface area contributed by atoms with E-state index < -0.39 is 5.54 Å². The fourth-order valence-corrected chi connectivity index (χ4v) is 2.96. The van der Waals surface area contributed by atoms with E-state index >= 15 is 0 Å². The first kappa shape index (κ1) is 13.1. The lowest BCUT2D eigenvalue weighted by Crippen LogP contribution is -2.49. The molecule has 2 fully saturated rings. The first-order chi connectivity index (χ1) is 9.52. The van der Waals surface area contributed by atoms with Crippen molar-refractivity contribution in [2.75, 3.05) is 13.1 Å². The topological polar surface area (TPSA) is 78.7 Å². The molecule has 0 saturated carbocycles. The summed E-state index contributed by atoms with van der Waals surface area (Å²) in [4.78, 5) is 27.9. The Morgan fingerprint density at radius 2 is 2.30 bits per heavy atom. The molecule has 0 radical (unpaired) electrons. The maximum atomic E-state index is 12.5. The summed E-state index contributed by atoms with van der Waals surface area (Å²) < 4.78 is 4.81. The number of nitrogens with zero attached hydrogens (tertiary/aromatic N) is 3. The molecule has 3 rings (SSSR count). The van der Waals surface area contributed by atoms with Crippen LogP contribution in [0, 0.1) is 0 Å². The van der Waals surface area contributed by atoms with Crippen molar-refractivity contribution in [3.63, 3.8) is 0 Å². The third-order valence-electron chi connectivity index (χ3n) is 3.93. The number of imide groups is 1. The summed E-state index contributed by atoms with van der Waals surface area (Å²) in [6.45, 7) is 5.60. The van der Waals surface area contributed by atoms with E-state index in [1.54, 1.807) is 6.07 Å². The summed E-state index contributed by atoms with van der Waals surface area (Å²) in [5.41, 5.74) is 0.0741. The lowest BCUT2D eigenvalue weighted by molar-refractivity contribution is -0.132. The van der Waals surface area contributed by atoms with E-state index in [0.717, 1.165) is 12.2 Å². The molecule has 0 bridgehead atoms. The molecule has 2 aliphatic heterocycles. The van der Waals surface area contributed by atoms with Crippen LogP contribution in [0.5, 0.6) is 0 Å². The molecule has 0 aliphatic carbocycles. The number of carbonyl (C=O) groups excluding carboxylic acids is 2. The molecule has 1 spiro atoms. The summed E-state index contributed by atoms with van der Waals surface area (Å²) in [7, 11) is 0. The van der Waals surface area contributed by atoms with Gasteiger partial charge in [0.1, 0.15) is 11.8 Å². The van der Waals surface area contributed by atoms with Gasteiger partial charge in [-0.1, -0.05) is 5.16 Å². The van der Waals surface area contributed by atoms with Gasteiger partial charge in [0.2, 0.25) is 0 Å². The Hall–Kier alpha value is -1.89. The molecule has 2 aliphatic rings. The fraction of sp³-hybridized carbons (Fsp3) is 0.615. The van der Waals surface area contributed by atoms with E-state index in [-0.39, 0.29) is 18.0 Å². The molecule has 0 aromatic carbocycles. The molecule has 7 heteroatoms. The molecule has 3 heterocycles. The van der Waals surface area contributed by atoms with E-state index in [4.69, 9.17) is 4.52 Å².